The number of fused-ring (bicyclic) bond motifs is 1. The summed E-state index contributed by atoms with van der Waals surface area (Å²) in [6.45, 7) is 2.60. The van der Waals surface area contributed by atoms with E-state index >= 15 is 0 Å². The third-order valence-electron chi connectivity index (χ3n) is 4.52. The first kappa shape index (κ1) is 18.4. The topological polar surface area (TPSA) is 110 Å². The molecule has 4 N–H and O–H groups in total. The number of aryl methyl sites for hydroxylation is 2. The molecule has 144 valence electrons. The van der Waals surface area contributed by atoms with Crippen molar-refractivity contribution in [3.05, 3.63) is 52.9 Å². The Bertz CT molecular complexity index is 1100. The van der Waals surface area contributed by atoms with E-state index in [-0.39, 0.29) is 5.91 Å². The first-order valence-electron chi connectivity index (χ1n) is 9.21. The molecule has 0 spiro atoms. The van der Waals surface area contributed by atoms with E-state index in [1.807, 2.05) is 30.5 Å². The lowest BCUT2D eigenvalue weighted by atomic mass is 10.0. The van der Waals surface area contributed by atoms with Gasteiger partial charge in [-0.05, 0) is 49.2 Å². The molecule has 0 saturated heterocycles. The molecule has 7 nitrogen and oxygen atoms in total. The number of hydrogen-bond donors (Lipinski definition) is 3. The molecule has 1 aromatic carbocycles. The Hall–Kier alpha value is -2.97. The van der Waals surface area contributed by atoms with Gasteiger partial charge in [-0.15, -0.1) is 11.3 Å². The minimum absolute atomic E-state index is 0.199. The largest absolute Gasteiger partial charge is 0.463 e. The average Bonchev–Trinajstić information content (AvgIpc) is 3.45. The third-order valence-corrected chi connectivity index (χ3v) is 5.27. The highest BCUT2D eigenvalue weighted by Crippen LogP contribution is 2.27. The van der Waals surface area contributed by atoms with E-state index in [4.69, 9.17) is 10.2 Å². The van der Waals surface area contributed by atoms with Crippen LogP contribution in [-0.2, 0) is 12.8 Å². The van der Waals surface area contributed by atoms with Gasteiger partial charge in [0.05, 0.1) is 17.3 Å². The van der Waals surface area contributed by atoms with Gasteiger partial charge in [0, 0.05) is 17.4 Å². The van der Waals surface area contributed by atoms with Gasteiger partial charge in [0.15, 0.2) is 10.9 Å². The molecule has 8 heteroatoms. The second-order valence-electron chi connectivity index (χ2n) is 6.39. The van der Waals surface area contributed by atoms with Gasteiger partial charge in [-0.1, -0.05) is 6.92 Å². The van der Waals surface area contributed by atoms with Crippen LogP contribution >= 0.6 is 11.3 Å². The Kier molecular flexibility index (Phi) is 5.23. The fourth-order valence-corrected chi connectivity index (χ4v) is 3.82. The first-order chi connectivity index (χ1) is 13.7. The highest BCUT2D eigenvalue weighted by atomic mass is 32.1. The standard InChI is InChI=1S/C20H21N5O2S/c1-2-17-22-14-8-7-13(12(5-3-9-21)18(14)24-17)19(26)25-20-23-15(11-28-20)16-6-4-10-27-16/h4,6-8,10-11H,2-3,5,9,21H2,1H3,(H,22,24)(H,23,25,26). The van der Waals surface area contributed by atoms with E-state index in [0.29, 0.717) is 35.1 Å². The number of anilines is 1. The summed E-state index contributed by atoms with van der Waals surface area (Å²) < 4.78 is 5.35. The van der Waals surface area contributed by atoms with E-state index in [9.17, 15) is 4.79 Å². The van der Waals surface area contributed by atoms with Crippen molar-refractivity contribution in [2.75, 3.05) is 11.9 Å². The molecule has 3 heterocycles. The van der Waals surface area contributed by atoms with E-state index in [1.54, 1.807) is 12.3 Å². The summed E-state index contributed by atoms with van der Waals surface area (Å²) in [7, 11) is 0. The highest BCUT2D eigenvalue weighted by Gasteiger charge is 2.18. The molecule has 0 saturated carbocycles. The van der Waals surface area contributed by atoms with E-state index in [1.165, 1.54) is 11.3 Å². The van der Waals surface area contributed by atoms with Gasteiger partial charge in [-0.2, -0.15) is 0 Å². The average molecular weight is 395 g/mol. The number of aromatic nitrogens is 3. The molecule has 4 rings (SSSR count). The van der Waals surface area contributed by atoms with Crippen LogP contribution in [0, 0.1) is 0 Å². The third kappa shape index (κ3) is 3.56. The second-order valence-corrected chi connectivity index (χ2v) is 7.24. The lowest BCUT2D eigenvalue weighted by molar-refractivity contribution is 0.102. The maximum atomic E-state index is 13.0. The van der Waals surface area contributed by atoms with Crippen LogP contribution < -0.4 is 11.1 Å². The fourth-order valence-electron chi connectivity index (χ4n) is 3.13. The number of carbonyl (C=O) groups excluding carboxylic acids is 1. The number of H-pyrrole nitrogens is 1. The van der Waals surface area contributed by atoms with Gasteiger partial charge >= 0.3 is 0 Å². The molecular formula is C20H21N5O2S. The number of imidazole rings is 1. The molecule has 28 heavy (non-hydrogen) atoms. The Balaban J connectivity index is 1.64. The minimum Gasteiger partial charge on any atom is -0.463 e. The summed E-state index contributed by atoms with van der Waals surface area (Å²) in [5, 5.41) is 5.28. The number of carbonyl (C=O) groups is 1. The van der Waals surface area contributed by atoms with Crippen LogP contribution in [0.2, 0.25) is 0 Å². The van der Waals surface area contributed by atoms with Crippen molar-refractivity contribution < 1.29 is 9.21 Å². The molecule has 3 aromatic heterocycles. The van der Waals surface area contributed by atoms with Crippen LogP contribution in [-0.4, -0.2) is 27.4 Å². The number of rotatable bonds is 7. The number of nitrogens with one attached hydrogen (secondary N) is 2. The quantitative estimate of drug-likeness (QED) is 0.438. The zero-order valence-corrected chi connectivity index (χ0v) is 16.3. The molecule has 0 unspecified atom stereocenters. The number of aromatic amines is 1. The van der Waals surface area contributed by atoms with E-state index < -0.39 is 0 Å². The normalized spacial score (nSPS) is 11.2. The molecule has 4 aromatic rings. The zero-order chi connectivity index (χ0) is 19.5. The predicted octanol–water partition coefficient (Wildman–Crippen LogP) is 3.99. The maximum absolute atomic E-state index is 13.0. The number of furan rings is 1. The molecule has 0 radical (unpaired) electrons. The van der Waals surface area contributed by atoms with Crippen LogP contribution in [0.5, 0.6) is 0 Å². The number of hydrogen-bond acceptors (Lipinski definition) is 6. The Morgan fingerprint density at radius 2 is 2.21 bits per heavy atom. The molecule has 0 bridgehead atoms. The van der Waals surface area contributed by atoms with Crippen LogP contribution in [0.3, 0.4) is 0 Å². The monoisotopic (exact) mass is 395 g/mol. The van der Waals surface area contributed by atoms with Gasteiger partial charge in [0.2, 0.25) is 0 Å². The van der Waals surface area contributed by atoms with Crippen LogP contribution in [0.15, 0.2) is 40.3 Å². The smallest absolute Gasteiger partial charge is 0.257 e. The van der Waals surface area contributed by atoms with Crippen molar-refractivity contribution >= 4 is 33.4 Å². The summed E-state index contributed by atoms with van der Waals surface area (Å²) in [5.74, 6) is 1.38. The van der Waals surface area contributed by atoms with E-state index in [0.717, 1.165) is 35.3 Å². The van der Waals surface area contributed by atoms with Gasteiger partial charge in [0.25, 0.3) is 5.91 Å². The Morgan fingerprint density at radius 3 is 2.96 bits per heavy atom. The molecular weight excluding hydrogens is 374 g/mol. The molecule has 1 amide bonds. The summed E-state index contributed by atoms with van der Waals surface area (Å²) in [5.41, 5.74) is 9.70. The highest BCUT2D eigenvalue weighted by molar-refractivity contribution is 7.14. The Labute approximate surface area is 166 Å². The molecule has 0 aliphatic carbocycles. The zero-order valence-electron chi connectivity index (χ0n) is 15.5. The number of thiazole rings is 1. The lowest BCUT2D eigenvalue weighted by Crippen LogP contribution is -2.15. The van der Waals surface area contributed by atoms with Gasteiger partial charge in [0.1, 0.15) is 11.5 Å². The second kappa shape index (κ2) is 7.95. The summed E-state index contributed by atoms with van der Waals surface area (Å²) in [6, 6.07) is 7.38. The van der Waals surface area contributed by atoms with Gasteiger partial charge < -0.3 is 15.1 Å². The number of nitrogens with zero attached hydrogens (tertiary/aromatic N) is 2. The van der Waals surface area contributed by atoms with Crippen molar-refractivity contribution in [3.63, 3.8) is 0 Å². The molecule has 0 fully saturated rings. The Morgan fingerprint density at radius 1 is 1.32 bits per heavy atom. The molecule has 0 atom stereocenters. The van der Waals surface area contributed by atoms with E-state index in [2.05, 4.69) is 20.3 Å². The SMILES string of the molecule is CCc1nc2c(CCCN)c(C(=O)Nc3nc(-c4ccco4)cs3)ccc2[nH]1. The van der Waals surface area contributed by atoms with Crippen LogP contribution in [0.1, 0.15) is 35.1 Å². The van der Waals surface area contributed by atoms with Crippen molar-refractivity contribution in [3.8, 4) is 11.5 Å². The fraction of sp³-hybridized carbons (Fsp3) is 0.250. The van der Waals surface area contributed by atoms with Crippen molar-refractivity contribution in [1.29, 1.82) is 0 Å². The number of benzene rings is 1. The van der Waals surface area contributed by atoms with Crippen molar-refractivity contribution in [2.45, 2.75) is 26.2 Å². The van der Waals surface area contributed by atoms with Crippen LogP contribution in [0.4, 0.5) is 5.13 Å². The van der Waals surface area contributed by atoms with Gasteiger partial charge in [-0.3, -0.25) is 10.1 Å². The van der Waals surface area contributed by atoms with Crippen molar-refractivity contribution in [1.82, 2.24) is 15.0 Å². The van der Waals surface area contributed by atoms with Gasteiger partial charge in [-0.25, -0.2) is 9.97 Å². The summed E-state index contributed by atoms with van der Waals surface area (Å²) in [6.07, 6.45) is 3.88. The van der Waals surface area contributed by atoms with Crippen molar-refractivity contribution in [2.24, 2.45) is 5.73 Å². The maximum Gasteiger partial charge on any atom is 0.257 e. The number of nitrogens with two attached hydrogens (primary N) is 1. The summed E-state index contributed by atoms with van der Waals surface area (Å²) >= 11 is 1.36. The first-order valence-corrected chi connectivity index (χ1v) is 10.1. The summed E-state index contributed by atoms with van der Waals surface area (Å²) in [4.78, 5) is 25.4. The molecule has 0 aliphatic rings. The number of amides is 1. The minimum atomic E-state index is -0.199. The van der Waals surface area contributed by atoms with Crippen LogP contribution in [0.25, 0.3) is 22.5 Å². The molecule has 0 aliphatic heterocycles. The lowest BCUT2D eigenvalue weighted by Gasteiger charge is -2.09. The predicted molar refractivity (Wildman–Crippen MR) is 111 cm³/mol.